The van der Waals surface area contributed by atoms with Crippen LogP contribution in [0.25, 0.3) is 0 Å². The minimum atomic E-state index is -0.391. The number of benzene rings is 2. The molecule has 22 heavy (non-hydrogen) atoms. The van der Waals surface area contributed by atoms with Gasteiger partial charge in [-0.2, -0.15) is 0 Å². The summed E-state index contributed by atoms with van der Waals surface area (Å²) in [6.07, 6.45) is 0.892. The molecular formula is C17H20N2O3. The molecule has 2 aromatic carbocycles. The van der Waals surface area contributed by atoms with Crippen LogP contribution in [0.1, 0.15) is 29.7 Å². The van der Waals surface area contributed by atoms with Gasteiger partial charge in [0.2, 0.25) is 0 Å². The fourth-order valence-corrected chi connectivity index (χ4v) is 2.25. The number of nitro benzene ring substituents is 1. The summed E-state index contributed by atoms with van der Waals surface area (Å²) in [5, 5.41) is 23.0. The zero-order valence-corrected chi connectivity index (χ0v) is 12.5. The van der Waals surface area contributed by atoms with Crippen molar-refractivity contribution in [3.8, 4) is 0 Å². The van der Waals surface area contributed by atoms with Crippen LogP contribution >= 0.6 is 0 Å². The average molecular weight is 300 g/mol. The fraction of sp³-hybridized carbons (Fsp3) is 0.294. The van der Waals surface area contributed by atoms with Crippen molar-refractivity contribution in [1.82, 2.24) is 5.32 Å². The monoisotopic (exact) mass is 300 g/mol. The number of nitrogens with zero attached hydrogens (tertiary/aromatic N) is 1. The van der Waals surface area contributed by atoms with E-state index in [9.17, 15) is 10.1 Å². The fourth-order valence-electron chi connectivity index (χ4n) is 2.25. The molecule has 0 aliphatic rings. The van der Waals surface area contributed by atoms with E-state index in [1.54, 1.807) is 12.1 Å². The number of rotatable bonds is 7. The van der Waals surface area contributed by atoms with E-state index in [-0.39, 0.29) is 18.3 Å². The molecule has 0 saturated carbocycles. The van der Waals surface area contributed by atoms with Crippen LogP contribution in [0.3, 0.4) is 0 Å². The Kier molecular flexibility index (Phi) is 5.63. The second-order valence-electron chi connectivity index (χ2n) is 5.25. The van der Waals surface area contributed by atoms with Crippen LogP contribution in [0.4, 0.5) is 5.69 Å². The van der Waals surface area contributed by atoms with Gasteiger partial charge in [0.15, 0.2) is 0 Å². The molecule has 2 N–H and O–H groups in total. The SMILES string of the molecule is CC(NCCc1ccc(CO)cc1)c1ccc([N+](=O)[O-])cc1. The van der Waals surface area contributed by atoms with Crippen LogP contribution in [-0.4, -0.2) is 16.6 Å². The first-order valence-electron chi connectivity index (χ1n) is 7.26. The second-order valence-corrected chi connectivity index (χ2v) is 5.25. The van der Waals surface area contributed by atoms with Crippen LogP contribution in [0.15, 0.2) is 48.5 Å². The Hall–Kier alpha value is -2.24. The Balaban J connectivity index is 1.83. The molecule has 2 rings (SSSR count). The number of hydrogen-bond donors (Lipinski definition) is 2. The molecule has 5 nitrogen and oxygen atoms in total. The molecule has 1 atom stereocenters. The summed E-state index contributed by atoms with van der Waals surface area (Å²) in [7, 11) is 0. The molecule has 0 radical (unpaired) electrons. The van der Waals surface area contributed by atoms with Crippen molar-refractivity contribution >= 4 is 5.69 Å². The molecule has 116 valence electrons. The topological polar surface area (TPSA) is 75.4 Å². The highest BCUT2D eigenvalue weighted by Crippen LogP contribution is 2.17. The summed E-state index contributed by atoms with van der Waals surface area (Å²) in [4.78, 5) is 10.2. The lowest BCUT2D eigenvalue weighted by Gasteiger charge is -2.14. The second kappa shape index (κ2) is 7.68. The molecule has 0 heterocycles. The van der Waals surface area contributed by atoms with E-state index < -0.39 is 4.92 Å². The summed E-state index contributed by atoms with van der Waals surface area (Å²) in [5.74, 6) is 0. The largest absolute Gasteiger partial charge is 0.392 e. The molecule has 1 unspecified atom stereocenters. The summed E-state index contributed by atoms with van der Waals surface area (Å²) < 4.78 is 0. The maximum absolute atomic E-state index is 10.6. The standard InChI is InChI=1S/C17H20N2O3/c1-13(16-6-8-17(9-7-16)19(21)22)18-11-10-14-2-4-15(12-20)5-3-14/h2-9,13,18,20H,10-12H2,1H3. The highest BCUT2D eigenvalue weighted by molar-refractivity contribution is 5.34. The Morgan fingerprint density at radius 2 is 1.68 bits per heavy atom. The van der Waals surface area contributed by atoms with Crippen LogP contribution in [-0.2, 0) is 13.0 Å². The van der Waals surface area contributed by atoms with Gasteiger partial charge in [-0.3, -0.25) is 10.1 Å². The first-order chi connectivity index (χ1) is 10.6. The van der Waals surface area contributed by atoms with Crippen LogP contribution in [0, 0.1) is 10.1 Å². The van der Waals surface area contributed by atoms with Crippen molar-refractivity contribution in [3.05, 3.63) is 75.3 Å². The third kappa shape index (κ3) is 4.38. The molecule has 0 bridgehead atoms. The van der Waals surface area contributed by atoms with Crippen LogP contribution < -0.4 is 5.32 Å². The van der Waals surface area contributed by atoms with Crippen LogP contribution in [0.2, 0.25) is 0 Å². The van der Waals surface area contributed by atoms with Gasteiger partial charge >= 0.3 is 0 Å². The van der Waals surface area contributed by atoms with Gasteiger partial charge in [-0.15, -0.1) is 0 Å². The summed E-state index contributed by atoms with van der Waals surface area (Å²) >= 11 is 0. The number of nitrogens with one attached hydrogen (secondary N) is 1. The first-order valence-corrected chi connectivity index (χ1v) is 7.26. The molecule has 5 heteroatoms. The van der Waals surface area contributed by atoms with E-state index in [2.05, 4.69) is 5.32 Å². The number of nitro groups is 1. The minimum Gasteiger partial charge on any atom is -0.392 e. The van der Waals surface area contributed by atoms with Crippen molar-refractivity contribution < 1.29 is 10.0 Å². The van der Waals surface area contributed by atoms with E-state index in [4.69, 9.17) is 5.11 Å². The maximum Gasteiger partial charge on any atom is 0.269 e. The molecular weight excluding hydrogens is 280 g/mol. The zero-order chi connectivity index (χ0) is 15.9. The Morgan fingerprint density at radius 1 is 1.09 bits per heavy atom. The third-order valence-electron chi connectivity index (χ3n) is 3.67. The summed E-state index contributed by atoms with van der Waals surface area (Å²) in [6, 6.07) is 14.6. The van der Waals surface area contributed by atoms with Gasteiger partial charge in [-0.05, 0) is 36.6 Å². The molecule has 2 aromatic rings. The number of hydrogen-bond acceptors (Lipinski definition) is 4. The van der Waals surface area contributed by atoms with Crippen molar-refractivity contribution in [3.63, 3.8) is 0 Å². The van der Waals surface area contributed by atoms with Gasteiger partial charge in [0.05, 0.1) is 11.5 Å². The zero-order valence-electron chi connectivity index (χ0n) is 12.5. The summed E-state index contributed by atoms with van der Waals surface area (Å²) in [6.45, 7) is 2.92. The molecule has 0 aliphatic heterocycles. The average Bonchev–Trinajstić information content (AvgIpc) is 2.55. The molecule has 0 fully saturated rings. The maximum atomic E-state index is 10.6. The van der Waals surface area contributed by atoms with Crippen molar-refractivity contribution in [2.75, 3.05) is 6.54 Å². The van der Waals surface area contributed by atoms with E-state index >= 15 is 0 Å². The van der Waals surface area contributed by atoms with Crippen LogP contribution in [0.5, 0.6) is 0 Å². The smallest absolute Gasteiger partial charge is 0.269 e. The van der Waals surface area contributed by atoms with Gasteiger partial charge in [-0.25, -0.2) is 0 Å². The van der Waals surface area contributed by atoms with Gasteiger partial charge in [0.25, 0.3) is 5.69 Å². The first kappa shape index (κ1) is 16.1. The number of aliphatic hydroxyl groups excluding tert-OH is 1. The van der Waals surface area contributed by atoms with Gasteiger partial charge in [-0.1, -0.05) is 36.4 Å². The van der Waals surface area contributed by atoms with Gasteiger partial charge < -0.3 is 10.4 Å². The lowest BCUT2D eigenvalue weighted by molar-refractivity contribution is -0.384. The number of non-ortho nitro benzene ring substituents is 1. The Morgan fingerprint density at radius 3 is 2.23 bits per heavy atom. The lowest BCUT2D eigenvalue weighted by atomic mass is 10.1. The molecule has 0 saturated heterocycles. The van der Waals surface area contributed by atoms with Gasteiger partial charge in [0, 0.05) is 18.2 Å². The van der Waals surface area contributed by atoms with Crippen molar-refractivity contribution in [2.45, 2.75) is 26.0 Å². The number of aliphatic hydroxyl groups is 1. The minimum absolute atomic E-state index is 0.0652. The highest BCUT2D eigenvalue weighted by Gasteiger charge is 2.08. The van der Waals surface area contributed by atoms with Crippen molar-refractivity contribution in [2.24, 2.45) is 0 Å². The lowest BCUT2D eigenvalue weighted by Crippen LogP contribution is -2.21. The molecule has 0 amide bonds. The van der Waals surface area contributed by atoms with Crippen molar-refractivity contribution in [1.29, 1.82) is 0 Å². The normalized spacial score (nSPS) is 12.1. The van der Waals surface area contributed by atoms with E-state index in [1.807, 2.05) is 31.2 Å². The quantitative estimate of drug-likeness (QED) is 0.609. The molecule has 0 spiro atoms. The highest BCUT2D eigenvalue weighted by atomic mass is 16.6. The third-order valence-corrected chi connectivity index (χ3v) is 3.67. The predicted molar refractivity (Wildman–Crippen MR) is 85.6 cm³/mol. The van der Waals surface area contributed by atoms with E-state index in [0.29, 0.717) is 0 Å². The van der Waals surface area contributed by atoms with Gasteiger partial charge in [0.1, 0.15) is 0 Å². The Labute approximate surface area is 129 Å². The van der Waals surface area contributed by atoms with E-state index in [0.717, 1.165) is 24.1 Å². The molecule has 0 aliphatic carbocycles. The molecule has 0 aromatic heterocycles. The van der Waals surface area contributed by atoms with E-state index in [1.165, 1.54) is 17.7 Å². The Bertz CT molecular complexity index is 609. The summed E-state index contributed by atoms with van der Waals surface area (Å²) in [5.41, 5.74) is 3.26. The predicted octanol–water partition coefficient (Wildman–Crippen LogP) is 2.98.